The van der Waals surface area contributed by atoms with Crippen molar-refractivity contribution in [2.45, 2.75) is 32.6 Å². The highest BCUT2D eigenvalue weighted by Crippen LogP contribution is 2.33. The molecule has 7 heteroatoms. The van der Waals surface area contributed by atoms with Crippen molar-refractivity contribution in [2.75, 3.05) is 27.3 Å². The molecule has 1 aromatic heterocycles. The van der Waals surface area contributed by atoms with Crippen molar-refractivity contribution in [3.63, 3.8) is 0 Å². The Labute approximate surface area is 234 Å². The Hall–Kier alpha value is -4.20. The second-order valence-electron chi connectivity index (χ2n) is 10.9. The maximum atomic E-state index is 13.6. The number of carbonyl (C=O) groups is 1. The lowest BCUT2D eigenvalue weighted by atomic mass is 9.98. The van der Waals surface area contributed by atoms with Gasteiger partial charge in [-0.05, 0) is 33.9 Å². The average molecular weight is 536 g/mol. The Balaban J connectivity index is 1.28. The highest BCUT2D eigenvalue weighted by molar-refractivity contribution is 5.94. The van der Waals surface area contributed by atoms with Gasteiger partial charge in [0, 0.05) is 23.9 Å². The van der Waals surface area contributed by atoms with Crippen LogP contribution in [0.25, 0.3) is 21.5 Å². The van der Waals surface area contributed by atoms with E-state index in [0.717, 1.165) is 62.7 Å². The van der Waals surface area contributed by atoms with E-state index >= 15 is 0 Å². The van der Waals surface area contributed by atoms with E-state index in [1.165, 1.54) is 10.9 Å². The van der Waals surface area contributed by atoms with Gasteiger partial charge in [0.25, 0.3) is 5.91 Å². The minimum atomic E-state index is -0.177. The number of amides is 1. The van der Waals surface area contributed by atoms with Crippen molar-refractivity contribution >= 4 is 27.5 Å². The average Bonchev–Trinajstić information content (AvgIpc) is 3.33. The first kappa shape index (κ1) is 26.0. The van der Waals surface area contributed by atoms with Crippen LogP contribution in [0.3, 0.4) is 0 Å². The standard InChI is InChI=1S/C33H34N4O3/c1-37(21-25-14-15-31(40-2)28-13-6-5-12-27(25)28)18-16-30-29(22-37)32(35-36(30)17-19-38)33(39)34-20-24-10-7-9-23-8-3-4-11-26(23)24/h3-15,38H,16-22H2,1-2H3/p+1. The summed E-state index contributed by atoms with van der Waals surface area (Å²) in [5.41, 5.74) is 4.83. The lowest BCUT2D eigenvalue weighted by molar-refractivity contribution is -0.937. The summed E-state index contributed by atoms with van der Waals surface area (Å²) in [6, 6.07) is 26.9. The minimum absolute atomic E-state index is 0.0187. The third kappa shape index (κ3) is 4.83. The molecule has 40 heavy (non-hydrogen) atoms. The molecule has 1 unspecified atom stereocenters. The predicted molar refractivity (Wildman–Crippen MR) is 157 cm³/mol. The van der Waals surface area contributed by atoms with Crippen LogP contribution in [0.1, 0.15) is 32.9 Å². The first-order valence-corrected chi connectivity index (χ1v) is 13.8. The molecular formula is C33H35N4O3+. The molecule has 0 spiro atoms. The minimum Gasteiger partial charge on any atom is -0.496 e. The summed E-state index contributed by atoms with van der Waals surface area (Å²) >= 11 is 0. The van der Waals surface area contributed by atoms with Crippen LogP contribution < -0.4 is 10.1 Å². The number of ether oxygens (including phenoxy) is 1. The molecule has 7 nitrogen and oxygen atoms in total. The fourth-order valence-electron chi connectivity index (χ4n) is 6.18. The third-order valence-corrected chi connectivity index (χ3v) is 8.19. The van der Waals surface area contributed by atoms with Crippen LogP contribution in [-0.2, 0) is 32.6 Å². The Kier molecular flexibility index (Phi) is 7.00. The van der Waals surface area contributed by atoms with E-state index in [1.54, 1.807) is 7.11 Å². The second kappa shape index (κ2) is 10.8. The number of carbonyl (C=O) groups excluding carboxylic acids is 1. The number of likely N-dealkylation sites (N-methyl/N-ethyl adjacent to an activating group) is 1. The summed E-state index contributed by atoms with van der Waals surface area (Å²) in [4.78, 5) is 13.6. The number of aliphatic hydroxyl groups is 1. The molecule has 0 fully saturated rings. The second-order valence-corrected chi connectivity index (χ2v) is 10.9. The Bertz CT molecular complexity index is 1700. The van der Waals surface area contributed by atoms with Crippen LogP contribution >= 0.6 is 0 Å². The van der Waals surface area contributed by atoms with E-state index in [2.05, 4.69) is 60.9 Å². The van der Waals surface area contributed by atoms with Gasteiger partial charge in [-0.2, -0.15) is 5.10 Å². The molecule has 1 aliphatic heterocycles. The normalized spacial score (nSPS) is 16.7. The van der Waals surface area contributed by atoms with E-state index in [4.69, 9.17) is 9.84 Å². The third-order valence-electron chi connectivity index (χ3n) is 8.19. The van der Waals surface area contributed by atoms with Gasteiger partial charge in [-0.3, -0.25) is 9.48 Å². The van der Waals surface area contributed by atoms with Crippen LogP contribution in [0.5, 0.6) is 5.75 Å². The van der Waals surface area contributed by atoms with Crippen LogP contribution in [-0.4, -0.2) is 52.6 Å². The molecule has 4 aromatic carbocycles. The Morgan fingerprint density at radius 2 is 1.73 bits per heavy atom. The zero-order valence-electron chi connectivity index (χ0n) is 23.1. The van der Waals surface area contributed by atoms with Crippen LogP contribution in [0.4, 0.5) is 0 Å². The zero-order chi connectivity index (χ0) is 27.7. The van der Waals surface area contributed by atoms with Gasteiger partial charge in [-0.1, -0.05) is 66.7 Å². The molecule has 6 rings (SSSR count). The van der Waals surface area contributed by atoms with E-state index in [0.29, 0.717) is 25.3 Å². The van der Waals surface area contributed by atoms with Crippen LogP contribution in [0.15, 0.2) is 78.9 Å². The zero-order valence-corrected chi connectivity index (χ0v) is 23.1. The summed E-state index contributed by atoms with van der Waals surface area (Å²) in [6.45, 7) is 3.22. The summed E-state index contributed by atoms with van der Waals surface area (Å²) < 4.78 is 8.20. The number of quaternary nitrogens is 1. The van der Waals surface area contributed by atoms with Crippen molar-refractivity contribution in [1.82, 2.24) is 15.1 Å². The summed E-state index contributed by atoms with van der Waals surface area (Å²) in [5, 5.41) is 22.1. The largest absolute Gasteiger partial charge is 0.496 e. The van der Waals surface area contributed by atoms with Gasteiger partial charge in [-0.25, -0.2) is 0 Å². The number of nitrogens with zero attached hydrogens (tertiary/aromatic N) is 3. The topological polar surface area (TPSA) is 76.4 Å². The molecule has 2 N–H and O–H groups in total. The van der Waals surface area contributed by atoms with Gasteiger partial charge in [0.1, 0.15) is 18.8 Å². The summed E-state index contributed by atoms with van der Waals surface area (Å²) in [5.74, 6) is 0.697. The maximum Gasteiger partial charge on any atom is 0.272 e. The van der Waals surface area contributed by atoms with E-state index in [-0.39, 0.29) is 12.5 Å². The molecular weight excluding hydrogens is 500 g/mol. The number of nitrogens with one attached hydrogen (secondary N) is 1. The number of benzene rings is 4. The lowest BCUT2D eigenvalue weighted by Gasteiger charge is -2.38. The number of aromatic nitrogens is 2. The molecule has 0 radical (unpaired) electrons. The van der Waals surface area contributed by atoms with Gasteiger partial charge in [0.2, 0.25) is 0 Å². The molecule has 1 aliphatic rings. The Morgan fingerprint density at radius 1 is 0.975 bits per heavy atom. The van der Waals surface area contributed by atoms with E-state index < -0.39 is 0 Å². The van der Waals surface area contributed by atoms with E-state index in [1.807, 2.05) is 35.0 Å². The highest BCUT2D eigenvalue weighted by Gasteiger charge is 2.36. The van der Waals surface area contributed by atoms with Crippen LogP contribution in [0, 0.1) is 0 Å². The number of methoxy groups -OCH3 is 1. The number of hydrogen-bond donors (Lipinski definition) is 2. The molecule has 2 heterocycles. The van der Waals surface area contributed by atoms with Gasteiger partial charge in [0.05, 0.1) is 45.1 Å². The molecule has 1 atom stereocenters. The lowest BCUT2D eigenvalue weighted by Crippen LogP contribution is -2.47. The number of rotatable bonds is 8. The Morgan fingerprint density at radius 3 is 2.52 bits per heavy atom. The van der Waals surface area contributed by atoms with Crippen molar-refractivity contribution in [2.24, 2.45) is 0 Å². The monoisotopic (exact) mass is 535 g/mol. The number of hydrogen-bond acceptors (Lipinski definition) is 4. The van der Waals surface area contributed by atoms with Gasteiger partial charge in [-0.15, -0.1) is 0 Å². The first-order chi connectivity index (χ1) is 19.5. The molecule has 5 aromatic rings. The summed E-state index contributed by atoms with van der Waals surface area (Å²) in [7, 11) is 3.96. The molecule has 0 aliphatic carbocycles. The molecule has 1 amide bonds. The number of aliphatic hydroxyl groups excluding tert-OH is 1. The predicted octanol–water partition coefficient (Wildman–Crippen LogP) is 4.82. The quantitative estimate of drug-likeness (QED) is 0.279. The van der Waals surface area contributed by atoms with Crippen molar-refractivity contribution < 1.29 is 19.1 Å². The maximum absolute atomic E-state index is 13.6. The fourth-order valence-corrected chi connectivity index (χ4v) is 6.18. The van der Waals surface area contributed by atoms with Gasteiger partial charge < -0.3 is 19.6 Å². The van der Waals surface area contributed by atoms with Gasteiger partial charge in [0.15, 0.2) is 5.69 Å². The number of fused-ring (bicyclic) bond motifs is 3. The highest BCUT2D eigenvalue weighted by atomic mass is 16.5. The van der Waals surface area contributed by atoms with Crippen LogP contribution in [0.2, 0.25) is 0 Å². The van der Waals surface area contributed by atoms with Crippen molar-refractivity contribution in [3.8, 4) is 5.75 Å². The smallest absolute Gasteiger partial charge is 0.272 e. The summed E-state index contributed by atoms with van der Waals surface area (Å²) in [6.07, 6.45) is 0.795. The fraction of sp³-hybridized carbons (Fsp3) is 0.273. The first-order valence-electron chi connectivity index (χ1n) is 13.8. The molecule has 0 saturated carbocycles. The van der Waals surface area contributed by atoms with Crippen molar-refractivity contribution in [1.29, 1.82) is 0 Å². The van der Waals surface area contributed by atoms with Gasteiger partial charge >= 0.3 is 0 Å². The SMILES string of the molecule is COc1ccc(C[N+]2(C)CCc3c(c(C(=O)NCc4cccc5ccccc45)nn3CCO)C2)c2ccccc12. The van der Waals surface area contributed by atoms with Crippen molar-refractivity contribution in [3.05, 3.63) is 107 Å². The molecule has 204 valence electrons. The molecule has 0 saturated heterocycles. The molecule has 0 bridgehead atoms. The van der Waals surface area contributed by atoms with E-state index in [9.17, 15) is 9.90 Å².